The van der Waals surface area contributed by atoms with Crippen LogP contribution in [0.4, 0.5) is 5.69 Å². The fraction of sp³-hybridized carbons (Fsp3) is 0.238. The Hall–Kier alpha value is -3.88. The molecule has 4 aromatic rings. The zero-order valence-corrected chi connectivity index (χ0v) is 16.2. The van der Waals surface area contributed by atoms with E-state index in [1.54, 1.807) is 24.3 Å². The van der Waals surface area contributed by atoms with Crippen LogP contribution in [0.5, 0.6) is 0 Å². The number of anilines is 1. The zero-order valence-electron chi connectivity index (χ0n) is 16.2. The van der Waals surface area contributed by atoms with Crippen LogP contribution in [0.2, 0.25) is 0 Å². The largest absolute Gasteiger partial charge is 0.322 e. The Labute approximate surface area is 172 Å². The summed E-state index contributed by atoms with van der Waals surface area (Å²) in [6.45, 7) is 0.954. The Morgan fingerprint density at radius 1 is 0.900 bits per heavy atom. The lowest BCUT2D eigenvalue weighted by atomic mass is 10.1. The third-order valence-electron chi connectivity index (χ3n) is 5.26. The van der Waals surface area contributed by atoms with Crippen LogP contribution < -0.4 is 5.32 Å². The minimum Gasteiger partial charge on any atom is -0.322 e. The highest BCUT2D eigenvalue weighted by Crippen LogP contribution is 2.24. The van der Waals surface area contributed by atoms with Gasteiger partial charge in [0.05, 0.1) is 0 Å². The van der Waals surface area contributed by atoms with Crippen molar-refractivity contribution in [1.29, 1.82) is 0 Å². The summed E-state index contributed by atoms with van der Waals surface area (Å²) in [7, 11) is 0. The van der Waals surface area contributed by atoms with Gasteiger partial charge in [0.15, 0.2) is 5.82 Å². The van der Waals surface area contributed by atoms with Crippen molar-refractivity contribution in [2.45, 2.75) is 32.2 Å². The second-order valence-electron chi connectivity index (χ2n) is 7.25. The van der Waals surface area contributed by atoms with Gasteiger partial charge in [0.25, 0.3) is 5.91 Å². The Balaban J connectivity index is 1.29. The molecule has 2 aromatic carbocycles. The van der Waals surface area contributed by atoms with Crippen LogP contribution in [0.25, 0.3) is 22.8 Å². The predicted molar refractivity (Wildman–Crippen MR) is 111 cm³/mol. The summed E-state index contributed by atoms with van der Waals surface area (Å²) in [4.78, 5) is 12.6. The first kappa shape index (κ1) is 18.2. The molecule has 9 heteroatoms. The molecule has 2 aromatic heterocycles. The Morgan fingerprint density at radius 3 is 2.47 bits per heavy atom. The molecule has 0 bridgehead atoms. The molecule has 0 fully saturated rings. The number of nitrogens with one attached hydrogen (secondary N) is 2. The number of aromatic nitrogens is 7. The van der Waals surface area contributed by atoms with Crippen LogP contribution in [0, 0.1) is 0 Å². The number of carbonyl (C=O) groups is 1. The van der Waals surface area contributed by atoms with Gasteiger partial charge in [0, 0.05) is 35.3 Å². The number of carbonyl (C=O) groups excluding carboxylic acids is 1. The van der Waals surface area contributed by atoms with E-state index in [1.807, 2.05) is 24.3 Å². The summed E-state index contributed by atoms with van der Waals surface area (Å²) in [6.07, 6.45) is 4.52. The molecular weight excluding hydrogens is 380 g/mol. The molecule has 9 nitrogen and oxygen atoms in total. The number of rotatable bonds is 4. The summed E-state index contributed by atoms with van der Waals surface area (Å²) in [5, 5.41) is 25.5. The highest BCUT2D eigenvalue weighted by molar-refractivity contribution is 6.04. The van der Waals surface area contributed by atoms with Crippen LogP contribution >= 0.6 is 0 Å². The van der Waals surface area contributed by atoms with Crippen LogP contribution in [0.1, 0.15) is 35.4 Å². The zero-order chi connectivity index (χ0) is 20.3. The number of aromatic amines is 1. The van der Waals surface area contributed by atoms with Gasteiger partial charge in [-0.2, -0.15) is 5.21 Å². The van der Waals surface area contributed by atoms with Crippen LogP contribution in [0.15, 0.2) is 48.5 Å². The molecular formula is C21H20N8O. The molecule has 150 valence electrons. The van der Waals surface area contributed by atoms with Gasteiger partial charge in [0.2, 0.25) is 5.82 Å². The molecule has 0 spiro atoms. The second kappa shape index (κ2) is 7.86. The molecule has 1 aliphatic rings. The van der Waals surface area contributed by atoms with Crippen molar-refractivity contribution in [3.05, 3.63) is 59.9 Å². The molecule has 0 saturated heterocycles. The molecule has 0 radical (unpaired) electrons. The van der Waals surface area contributed by atoms with E-state index < -0.39 is 0 Å². The summed E-state index contributed by atoms with van der Waals surface area (Å²) in [5.41, 5.74) is 3.06. The van der Waals surface area contributed by atoms with Crippen molar-refractivity contribution >= 4 is 11.6 Å². The minimum atomic E-state index is -0.182. The van der Waals surface area contributed by atoms with Crippen molar-refractivity contribution in [3.63, 3.8) is 0 Å². The average molecular weight is 400 g/mol. The number of nitrogens with zero attached hydrogens (tertiary/aromatic N) is 6. The lowest BCUT2D eigenvalue weighted by Gasteiger charge is -2.09. The quantitative estimate of drug-likeness (QED) is 0.544. The Kier molecular flexibility index (Phi) is 4.76. The maximum absolute atomic E-state index is 12.6. The average Bonchev–Trinajstić information content (AvgIpc) is 3.40. The molecule has 1 aliphatic heterocycles. The fourth-order valence-electron chi connectivity index (χ4n) is 3.66. The molecule has 0 unspecified atom stereocenters. The van der Waals surface area contributed by atoms with E-state index in [-0.39, 0.29) is 5.91 Å². The summed E-state index contributed by atoms with van der Waals surface area (Å²) < 4.78 is 2.21. The van der Waals surface area contributed by atoms with Crippen LogP contribution in [0.3, 0.4) is 0 Å². The van der Waals surface area contributed by atoms with Crippen molar-refractivity contribution in [2.24, 2.45) is 0 Å². The van der Waals surface area contributed by atoms with E-state index >= 15 is 0 Å². The van der Waals surface area contributed by atoms with E-state index in [4.69, 9.17) is 0 Å². The first-order chi connectivity index (χ1) is 14.8. The van der Waals surface area contributed by atoms with Gasteiger partial charge < -0.3 is 9.88 Å². The normalized spacial score (nSPS) is 13.5. The Bertz CT molecular complexity index is 1150. The van der Waals surface area contributed by atoms with Crippen LogP contribution in [-0.4, -0.2) is 41.3 Å². The van der Waals surface area contributed by atoms with Gasteiger partial charge in [-0.15, -0.1) is 20.4 Å². The summed E-state index contributed by atoms with van der Waals surface area (Å²) >= 11 is 0. The van der Waals surface area contributed by atoms with Crippen LogP contribution in [-0.2, 0) is 13.0 Å². The molecule has 0 atom stereocenters. The van der Waals surface area contributed by atoms with E-state index in [1.165, 1.54) is 12.8 Å². The molecule has 1 amide bonds. The maximum Gasteiger partial charge on any atom is 0.255 e. The first-order valence-corrected chi connectivity index (χ1v) is 9.96. The molecule has 5 rings (SSSR count). The fourth-order valence-corrected chi connectivity index (χ4v) is 3.66. The van der Waals surface area contributed by atoms with Gasteiger partial charge in [0.1, 0.15) is 5.82 Å². The minimum absolute atomic E-state index is 0.182. The van der Waals surface area contributed by atoms with Gasteiger partial charge in [-0.3, -0.25) is 4.79 Å². The number of H-pyrrole nitrogens is 1. The van der Waals surface area contributed by atoms with E-state index in [9.17, 15) is 4.79 Å². The monoisotopic (exact) mass is 400 g/mol. The number of hydrogen-bond donors (Lipinski definition) is 2. The molecule has 3 heterocycles. The van der Waals surface area contributed by atoms with E-state index in [0.29, 0.717) is 11.4 Å². The van der Waals surface area contributed by atoms with Crippen molar-refractivity contribution < 1.29 is 4.79 Å². The summed E-state index contributed by atoms with van der Waals surface area (Å²) in [6, 6.07) is 14.8. The van der Waals surface area contributed by atoms with Crippen molar-refractivity contribution in [1.82, 2.24) is 35.4 Å². The van der Waals surface area contributed by atoms with Gasteiger partial charge in [-0.25, -0.2) is 0 Å². The Morgan fingerprint density at radius 2 is 1.70 bits per heavy atom. The lowest BCUT2D eigenvalue weighted by molar-refractivity contribution is 0.102. The second-order valence-corrected chi connectivity index (χ2v) is 7.25. The van der Waals surface area contributed by atoms with E-state index in [2.05, 4.69) is 40.7 Å². The number of fused-ring (bicyclic) bond motifs is 1. The standard InChI is InChI=1S/C21H20N8O/c30-21(16-7-5-14(6-8-16)19-24-27-28-25-19)22-17-11-9-15(10-12-17)20-26-23-18-4-2-1-3-13-29(18)20/h5-12H,1-4,13H2,(H,22,30)(H,24,25,27,28). The highest BCUT2D eigenvalue weighted by atomic mass is 16.1. The number of tetrazole rings is 1. The molecule has 2 N–H and O–H groups in total. The molecule has 30 heavy (non-hydrogen) atoms. The maximum atomic E-state index is 12.6. The third kappa shape index (κ3) is 3.57. The summed E-state index contributed by atoms with van der Waals surface area (Å²) in [5.74, 6) is 2.26. The molecule has 0 aliphatic carbocycles. The third-order valence-corrected chi connectivity index (χ3v) is 5.26. The van der Waals surface area contributed by atoms with Gasteiger partial charge in [-0.1, -0.05) is 18.6 Å². The van der Waals surface area contributed by atoms with Gasteiger partial charge >= 0.3 is 0 Å². The van der Waals surface area contributed by atoms with Gasteiger partial charge in [-0.05, 0) is 54.5 Å². The van der Waals surface area contributed by atoms with Crippen molar-refractivity contribution in [2.75, 3.05) is 5.32 Å². The predicted octanol–water partition coefficient (Wildman–Crippen LogP) is 3.10. The first-order valence-electron chi connectivity index (χ1n) is 9.96. The smallest absolute Gasteiger partial charge is 0.255 e. The number of aryl methyl sites for hydroxylation is 1. The number of hydrogen-bond acceptors (Lipinski definition) is 6. The SMILES string of the molecule is O=C(Nc1ccc(-c2nnc3n2CCCCC3)cc1)c1ccc(-c2nn[nH]n2)cc1. The number of benzene rings is 2. The lowest BCUT2D eigenvalue weighted by Crippen LogP contribution is -2.11. The van der Waals surface area contributed by atoms with Crippen molar-refractivity contribution in [3.8, 4) is 22.8 Å². The van der Waals surface area contributed by atoms with E-state index in [0.717, 1.165) is 47.8 Å². The topological polar surface area (TPSA) is 114 Å². The molecule has 0 saturated carbocycles. The number of amides is 1. The highest BCUT2D eigenvalue weighted by Gasteiger charge is 2.16.